The van der Waals surface area contributed by atoms with Crippen LogP contribution in [-0.4, -0.2) is 24.2 Å². The third-order valence-corrected chi connectivity index (χ3v) is 3.61. The van der Waals surface area contributed by atoms with Gasteiger partial charge in [0.15, 0.2) is 5.78 Å². The number of hydrogen-bond acceptors (Lipinski definition) is 3. The van der Waals surface area contributed by atoms with Crippen LogP contribution in [0.3, 0.4) is 0 Å². The third-order valence-electron chi connectivity index (χ3n) is 3.28. The van der Waals surface area contributed by atoms with Crippen LogP contribution < -0.4 is 5.73 Å². The molecule has 1 aliphatic rings. The molecule has 88 valence electrons. The number of benzene rings is 1. The Morgan fingerprint density at radius 1 is 1.35 bits per heavy atom. The predicted molar refractivity (Wildman–Crippen MR) is 66.9 cm³/mol. The van der Waals surface area contributed by atoms with Gasteiger partial charge in [-0.2, -0.15) is 0 Å². The van der Waals surface area contributed by atoms with E-state index in [1.54, 1.807) is 24.3 Å². The lowest BCUT2D eigenvalue weighted by Crippen LogP contribution is -2.59. The molecule has 3 nitrogen and oxygen atoms in total. The predicted octanol–water partition coefficient (Wildman–Crippen LogP) is 1.10. The minimum absolute atomic E-state index is 0.231. The van der Waals surface area contributed by atoms with Crippen molar-refractivity contribution in [1.29, 1.82) is 0 Å². The van der Waals surface area contributed by atoms with E-state index < -0.39 is 16.8 Å². The zero-order valence-electron chi connectivity index (χ0n) is 9.32. The maximum atomic E-state index is 12.2. The molecule has 0 aliphatic heterocycles. The van der Waals surface area contributed by atoms with Crippen LogP contribution in [0.25, 0.3) is 0 Å². The van der Waals surface area contributed by atoms with Gasteiger partial charge in [0.05, 0.1) is 5.50 Å². The first-order valence-corrected chi connectivity index (χ1v) is 5.86. The molecule has 1 aromatic carbocycles. The Balaban J connectivity index is 2.49. The van der Waals surface area contributed by atoms with Gasteiger partial charge in [0.2, 0.25) is 0 Å². The van der Waals surface area contributed by atoms with E-state index in [0.717, 1.165) is 0 Å². The number of carbonyl (C=O) groups is 1. The number of halogens is 1. The van der Waals surface area contributed by atoms with Gasteiger partial charge in [0.1, 0.15) is 13.4 Å². The minimum atomic E-state index is -1.85. The Bertz CT molecular complexity index is 464. The van der Waals surface area contributed by atoms with Crippen LogP contribution in [0.5, 0.6) is 0 Å². The molecule has 17 heavy (non-hydrogen) atoms. The van der Waals surface area contributed by atoms with E-state index >= 15 is 0 Å². The molecule has 1 aromatic rings. The zero-order chi connectivity index (χ0) is 12.7. The Kier molecular flexibility index (Phi) is 3.06. The number of ketones is 1. The van der Waals surface area contributed by atoms with Gasteiger partial charge in [0, 0.05) is 5.02 Å². The summed E-state index contributed by atoms with van der Waals surface area (Å²) in [4.78, 5) is 12.2. The van der Waals surface area contributed by atoms with Crippen molar-refractivity contribution >= 4 is 25.2 Å². The largest absolute Gasteiger partial charge is 0.392 e. The molecule has 3 N–H and O–H groups in total. The summed E-state index contributed by atoms with van der Waals surface area (Å²) in [7, 11) is 5.57. The summed E-state index contributed by atoms with van der Waals surface area (Å²) >= 11 is 6.05. The molecular formula is C12H13BClNO2. The molecule has 2 unspecified atom stereocenters. The summed E-state index contributed by atoms with van der Waals surface area (Å²) in [5.41, 5.74) is 3.50. The van der Waals surface area contributed by atoms with Crippen molar-refractivity contribution in [2.75, 3.05) is 0 Å². The van der Waals surface area contributed by atoms with E-state index in [2.05, 4.69) is 0 Å². The molecule has 2 radical (unpaired) electrons. The lowest BCUT2D eigenvalue weighted by atomic mass is 9.61. The van der Waals surface area contributed by atoms with Crippen molar-refractivity contribution < 1.29 is 9.90 Å². The molecule has 0 bridgehead atoms. The van der Waals surface area contributed by atoms with E-state index in [-0.39, 0.29) is 6.42 Å². The minimum Gasteiger partial charge on any atom is -0.392 e. The molecule has 1 fully saturated rings. The van der Waals surface area contributed by atoms with Gasteiger partial charge in [-0.1, -0.05) is 29.8 Å². The summed E-state index contributed by atoms with van der Waals surface area (Å²) in [6.07, 6.45) is 1.25. The molecule has 0 amide bonds. The fourth-order valence-corrected chi connectivity index (χ4v) is 2.63. The average molecular weight is 250 g/mol. The van der Waals surface area contributed by atoms with Gasteiger partial charge < -0.3 is 10.8 Å². The monoisotopic (exact) mass is 249 g/mol. The van der Waals surface area contributed by atoms with Gasteiger partial charge in [-0.25, -0.2) is 0 Å². The third kappa shape index (κ3) is 2.01. The molecule has 0 heterocycles. The molecule has 1 saturated carbocycles. The van der Waals surface area contributed by atoms with E-state index in [1.165, 1.54) is 0 Å². The van der Waals surface area contributed by atoms with Gasteiger partial charge in [-0.3, -0.25) is 4.79 Å². The smallest absolute Gasteiger partial charge is 0.178 e. The topological polar surface area (TPSA) is 63.3 Å². The molecular weight excluding hydrogens is 236 g/mol. The fourth-order valence-electron chi connectivity index (χ4n) is 2.33. The highest BCUT2D eigenvalue weighted by molar-refractivity contribution is 6.33. The Morgan fingerprint density at radius 3 is 2.65 bits per heavy atom. The van der Waals surface area contributed by atoms with Gasteiger partial charge in [0.25, 0.3) is 0 Å². The average Bonchev–Trinajstić information content (AvgIpc) is 2.26. The molecule has 0 spiro atoms. The summed E-state index contributed by atoms with van der Waals surface area (Å²) in [5.74, 6) is -0.565. The number of rotatable bonds is 1. The lowest BCUT2D eigenvalue weighted by molar-refractivity contribution is -0.140. The summed E-state index contributed by atoms with van der Waals surface area (Å²) in [6.45, 7) is 0. The van der Waals surface area contributed by atoms with Crippen LogP contribution in [-0.2, 0) is 10.3 Å². The van der Waals surface area contributed by atoms with Crippen LogP contribution in [0.1, 0.15) is 24.8 Å². The van der Waals surface area contributed by atoms with Crippen LogP contribution in [0.2, 0.25) is 5.02 Å². The molecule has 2 rings (SSSR count). The first kappa shape index (κ1) is 12.6. The van der Waals surface area contributed by atoms with Gasteiger partial charge in [-0.15, -0.1) is 0 Å². The zero-order valence-corrected chi connectivity index (χ0v) is 10.1. The van der Waals surface area contributed by atoms with Crippen LogP contribution >= 0.6 is 11.6 Å². The van der Waals surface area contributed by atoms with Crippen molar-refractivity contribution in [1.82, 2.24) is 0 Å². The summed E-state index contributed by atoms with van der Waals surface area (Å²) in [6, 6.07) is 6.88. The molecule has 0 saturated heterocycles. The first-order chi connectivity index (χ1) is 7.88. The Labute approximate surface area is 106 Å². The number of nitrogens with two attached hydrogens (primary N) is 1. The molecule has 1 aliphatic carbocycles. The lowest BCUT2D eigenvalue weighted by Gasteiger charge is -2.40. The number of Topliss-reactive ketones (excluding diaryl/α,β-unsaturated/α-hetero) is 1. The van der Waals surface area contributed by atoms with E-state index in [1.807, 2.05) is 0 Å². The van der Waals surface area contributed by atoms with Gasteiger partial charge >= 0.3 is 0 Å². The maximum absolute atomic E-state index is 12.2. The molecule has 2 atom stereocenters. The Hall–Kier alpha value is -0.835. The standard InChI is InChI=1S/C12H13BClNO2/c13-12(17)7-3-6-11(15,10(12)16)8-4-1-2-5-9(8)14/h1-2,4-5,17H,3,6-7,15H2. The second-order valence-electron chi connectivity index (χ2n) is 4.56. The SMILES string of the molecule is [B]C1(O)CCCC(N)(c2ccccc2Cl)C1=O. The highest BCUT2D eigenvalue weighted by Gasteiger charge is 2.48. The Morgan fingerprint density at radius 2 is 2.00 bits per heavy atom. The molecule has 5 heteroatoms. The second-order valence-corrected chi connectivity index (χ2v) is 4.97. The summed E-state index contributed by atoms with van der Waals surface area (Å²) in [5, 5.41) is 10.3. The van der Waals surface area contributed by atoms with Gasteiger partial charge in [-0.05, 0) is 30.9 Å². The molecule has 0 aromatic heterocycles. The number of aliphatic hydroxyl groups is 1. The quantitative estimate of drug-likeness (QED) is 0.733. The second kappa shape index (κ2) is 4.12. The van der Waals surface area contributed by atoms with Crippen molar-refractivity contribution in [3.63, 3.8) is 0 Å². The van der Waals surface area contributed by atoms with Crippen LogP contribution in [0.15, 0.2) is 24.3 Å². The fraction of sp³-hybridized carbons (Fsp3) is 0.417. The van der Waals surface area contributed by atoms with Crippen molar-refractivity contribution in [3.05, 3.63) is 34.9 Å². The normalized spacial score (nSPS) is 33.7. The van der Waals surface area contributed by atoms with E-state index in [4.69, 9.17) is 25.2 Å². The number of carbonyl (C=O) groups excluding carboxylic acids is 1. The number of hydrogen-bond donors (Lipinski definition) is 2. The summed E-state index contributed by atoms with van der Waals surface area (Å²) < 4.78 is 0. The maximum Gasteiger partial charge on any atom is 0.178 e. The first-order valence-electron chi connectivity index (χ1n) is 5.48. The van der Waals surface area contributed by atoms with Crippen molar-refractivity contribution in [2.45, 2.75) is 30.3 Å². The highest BCUT2D eigenvalue weighted by Crippen LogP contribution is 2.38. The highest BCUT2D eigenvalue weighted by atomic mass is 35.5. The van der Waals surface area contributed by atoms with E-state index in [9.17, 15) is 9.90 Å². The van der Waals surface area contributed by atoms with Crippen LogP contribution in [0, 0.1) is 0 Å². The van der Waals surface area contributed by atoms with Crippen molar-refractivity contribution in [3.8, 4) is 0 Å². The van der Waals surface area contributed by atoms with E-state index in [0.29, 0.717) is 23.4 Å². The van der Waals surface area contributed by atoms with Crippen molar-refractivity contribution in [2.24, 2.45) is 5.73 Å². The van der Waals surface area contributed by atoms with Crippen LogP contribution in [0.4, 0.5) is 0 Å².